The molecule has 11 heteroatoms. The summed E-state index contributed by atoms with van der Waals surface area (Å²) >= 11 is 7.43. The van der Waals surface area contributed by atoms with Gasteiger partial charge in [-0.3, -0.25) is 14.4 Å². The van der Waals surface area contributed by atoms with E-state index in [1.165, 1.54) is 48.2 Å². The van der Waals surface area contributed by atoms with Crippen LogP contribution < -0.4 is 16.0 Å². The number of benzene rings is 4. The van der Waals surface area contributed by atoms with E-state index < -0.39 is 28.9 Å². The second-order valence-corrected chi connectivity index (χ2v) is 11.4. The van der Waals surface area contributed by atoms with Crippen LogP contribution in [0.1, 0.15) is 38.8 Å². The molecule has 44 heavy (non-hydrogen) atoms. The molecule has 1 atom stereocenters. The Morgan fingerprint density at radius 1 is 0.886 bits per heavy atom. The van der Waals surface area contributed by atoms with E-state index in [0.29, 0.717) is 16.9 Å². The van der Waals surface area contributed by atoms with Gasteiger partial charge < -0.3 is 21.1 Å². The van der Waals surface area contributed by atoms with Gasteiger partial charge in [0.05, 0.1) is 15.8 Å². The van der Waals surface area contributed by atoms with Gasteiger partial charge in [-0.15, -0.1) is 11.8 Å². The van der Waals surface area contributed by atoms with E-state index in [-0.39, 0.29) is 27.8 Å². The fourth-order valence-electron chi connectivity index (χ4n) is 3.93. The molecule has 0 aliphatic heterocycles. The number of carboxylic acid groups (broad SMARTS) is 1. The Hall–Kier alpha value is -4.93. The Morgan fingerprint density at radius 3 is 2.25 bits per heavy atom. The molecule has 0 fully saturated rings. The van der Waals surface area contributed by atoms with Crippen LogP contribution in [-0.4, -0.2) is 34.0 Å². The molecule has 0 saturated heterocycles. The Balaban J connectivity index is 1.46. The van der Waals surface area contributed by atoms with Gasteiger partial charge in [0.1, 0.15) is 11.5 Å². The molecule has 0 bridgehead atoms. The second-order valence-electron chi connectivity index (χ2n) is 9.58. The van der Waals surface area contributed by atoms with Gasteiger partial charge in [-0.1, -0.05) is 41.9 Å². The predicted octanol–water partition coefficient (Wildman–Crippen LogP) is 7.01. The third kappa shape index (κ3) is 8.33. The minimum absolute atomic E-state index is 0.0587. The Kier molecular flexibility index (Phi) is 10.5. The van der Waals surface area contributed by atoms with Gasteiger partial charge in [-0.2, -0.15) is 0 Å². The first kappa shape index (κ1) is 32.0. The Labute approximate surface area is 262 Å². The summed E-state index contributed by atoms with van der Waals surface area (Å²) in [5, 5.41) is 16.8. The number of hydrogen-bond donors (Lipinski definition) is 4. The molecule has 0 aliphatic rings. The van der Waals surface area contributed by atoms with Crippen LogP contribution in [-0.2, 0) is 9.59 Å². The van der Waals surface area contributed by atoms with Crippen molar-refractivity contribution in [3.63, 3.8) is 0 Å². The zero-order valence-electron chi connectivity index (χ0n) is 23.6. The lowest BCUT2D eigenvalue weighted by molar-refractivity contribution is -0.115. The number of amides is 3. The van der Waals surface area contributed by atoms with Crippen LogP contribution in [0.25, 0.3) is 6.08 Å². The van der Waals surface area contributed by atoms with Crippen molar-refractivity contribution >= 4 is 64.5 Å². The predicted molar refractivity (Wildman–Crippen MR) is 170 cm³/mol. The highest BCUT2D eigenvalue weighted by Gasteiger charge is 2.19. The number of nitrogens with one attached hydrogen (secondary N) is 3. The summed E-state index contributed by atoms with van der Waals surface area (Å²) in [4.78, 5) is 50.9. The molecule has 0 heterocycles. The highest BCUT2D eigenvalue weighted by Crippen LogP contribution is 2.27. The summed E-state index contributed by atoms with van der Waals surface area (Å²) in [6, 6.07) is 23.5. The van der Waals surface area contributed by atoms with Crippen molar-refractivity contribution in [2.24, 2.45) is 0 Å². The fourth-order valence-corrected chi connectivity index (χ4v) is 5.02. The molecule has 4 rings (SSSR count). The first-order valence-electron chi connectivity index (χ1n) is 13.3. The first-order chi connectivity index (χ1) is 21.0. The topological polar surface area (TPSA) is 125 Å². The summed E-state index contributed by atoms with van der Waals surface area (Å²) in [5.41, 5.74) is 1.62. The van der Waals surface area contributed by atoms with E-state index in [4.69, 9.17) is 11.6 Å². The van der Waals surface area contributed by atoms with Crippen molar-refractivity contribution in [1.29, 1.82) is 0 Å². The van der Waals surface area contributed by atoms with Crippen molar-refractivity contribution in [3.8, 4) is 0 Å². The number of aromatic carboxylic acids is 1. The number of hydrogen-bond acceptors (Lipinski definition) is 5. The number of anilines is 2. The van der Waals surface area contributed by atoms with E-state index in [2.05, 4.69) is 16.0 Å². The lowest BCUT2D eigenvalue weighted by Crippen LogP contribution is -2.30. The number of carbonyl (C=O) groups excluding carboxylic acids is 3. The third-order valence-electron chi connectivity index (χ3n) is 6.35. The van der Waals surface area contributed by atoms with E-state index in [1.54, 1.807) is 74.5 Å². The fraction of sp³-hybridized carbons (Fsp3) is 0.0909. The third-order valence-corrected chi connectivity index (χ3v) is 7.80. The lowest BCUT2D eigenvalue weighted by Gasteiger charge is -2.15. The van der Waals surface area contributed by atoms with Gasteiger partial charge in [0.25, 0.3) is 11.8 Å². The van der Waals surface area contributed by atoms with E-state index in [0.717, 1.165) is 10.5 Å². The maximum Gasteiger partial charge on any atom is 0.335 e. The molecule has 0 aromatic heterocycles. The lowest BCUT2D eigenvalue weighted by atomic mass is 10.1. The molecular weight excluding hydrogens is 605 g/mol. The van der Waals surface area contributed by atoms with Crippen molar-refractivity contribution in [3.05, 3.63) is 130 Å². The van der Waals surface area contributed by atoms with Gasteiger partial charge in [-0.25, -0.2) is 9.18 Å². The van der Waals surface area contributed by atoms with Crippen molar-refractivity contribution in [1.82, 2.24) is 5.32 Å². The minimum atomic E-state index is -1.09. The summed E-state index contributed by atoms with van der Waals surface area (Å²) in [7, 11) is 0. The average molecular weight is 632 g/mol. The number of carbonyl (C=O) groups is 4. The molecule has 0 spiro atoms. The number of thioether (sulfide) groups is 1. The molecule has 3 amide bonds. The summed E-state index contributed by atoms with van der Waals surface area (Å²) in [6.07, 6.45) is 1.17. The summed E-state index contributed by atoms with van der Waals surface area (Å²) in [6.45, 7) is 3.48. The van der Waals surface area contributed by atoms with Crippen LogP contribution in [0.5, 0.6) is 0 Å². The summed E-state index contributed by atoms with van der Waals surface area (Å²) in [5.74, 6) is -3.34. The normalized spacial score (nSPS) is 11.8. The van der Waals surface area contributed by atoms with E-state index in [1.807, 2.05) is 0 Å². The second kappa shape index (κ2) is 14.5. The van der Waals surface area contributed by atoms with E-state index in [9.17, 15) is 28.7 Å². The molecule has 0 radical (unpaired) electrons. The molecule has 4 aromatic carbocycles. The number of halogens is 2. The van der Waals surface area contributed by atoms with Gasteiger partial charge in [0.2, 0.25) is 5.91 Å². The molecular formula is C33H27ClFN3O5S. The average Bonchev–Trinajstić information content (AvgIpc) is 3.00. The van der Waals surface area contributed by atoms with Crippen LogP contribution in [0.3, 0.4) is 0 Å². The molecule has 224 valence electrons. The van der Waals surface area contributed by atoms with Crippen molar-refractivity contribution in [2.45, 2.75) is 24.0 Å². The largest absolute Gasteiger partial charge is 0.478 e. The van der Waals surface area contributed by atoms with Crippen LogP contribution in [0.2, 0.25) is 5.02 Å². The first-order valence-corrected chi connectivity index (χ1v) is 14.5. The zero-order chi connectivity index (χ0) is 31.8. The van der Waals surface area contributed by atoms with Crippen LogP contribution >= 0.6 is 23.4 Å². The molecule has 4 aromatic rings. The van der Waals surface area contributed by atoms with Crippen LogP contribution in [0, 0.1) is 12.7 Å². The number of aryl methyl sites for hydroxylation is 1. The maximum absolute atomic E-state index is 14.5. The highest BCUT2D eigenvalue weighted by atomic mass is 35.5. The van der Waals surface area contributed by atoms with Crippen LogP contribution in [0.4, 0.5) is 15.8 Å². The molecule has 0 saturated carbocycles. The SMILES string of the molecule is Cc1ccc(C(=O)O)cc1NC(=O)C(C)Sc1ccc(NC(=O)/C(=C/c2c(F)cccc2Cl)NC(=O)c2ccccc2)cc1. The Morgan fingerprint density at radius 2 is 1.59 bits per heavy atom. The van der Waals surface area contributed by atoms with Gasteiger partial charge >= 0.3 is 5.97 Å². The van der Waals surface area contributed by atoms with Gasteiger partial charge in [-0.05, 0) is 86.2 Å². The smallest absolute Gasteiger partial charge is 0.335 e. The Bertz CT molecular complexity index is 1730. The molecule has 4 N–H and O–H groups in total. The summed E-state index contributed by atoms with van der Waals surface area (Å²) < 4.78 is 14.5. The standard InChI is InChI=1S/C33H27ClFN3O5S/c1-19-11-12-22(33(42)43)17-28(19)37-30(39)20(2)44-24-15-13-23(14-16-24)36-32(41)29(18-25-26(34)9-6-10-27(25)35)38-31(40)21-7-4-3-5-8-21/h3-18,20H,1-2H3,(H,36,41)(H,37,39)(H,38,40)(H,42,43)/b29-18-. The van der Waals surface area contributed by atoms with Gasteiger partial charge in [0.15, 0.2) is 0 Å². The van der Waals surface area contributed by atoms with Gasteiger partial charge in [0, 0.05) is 27.4 Å². The van der Waals surface area contributed by atoms with Crippen molar-refractivity contribution in [2.75, 3.05) is 10.6 Å². The minimum Gasteiger partial charge on any atom is -0.478 e. The van der Waals surface area contributed by atoms with Crippen LogP contribution in [0.15, 0.2) is 102 Å². The molecule has 1 unspecified atom stereocenters. The molecule has 8 nitrogen and oxygen atoms in total. The van der Waals surface area contributed by atoms with Crippen molar-refractivity contribution < 1.29 is 28.7 Å². The zero-order valence-corrected chi connectivity index (χ0v) is 25.1. The van der Waals surface area contributed by atoms with E-state index >= 15 is 0 Å². The number of rotatable bonds is 10. The monoisotopic (exact) mass is 631 g/mol. The maximum atomic E-state index is 14.5. The molecule has 0 aliphatic carbocycles. The highest BCUT2D eigenvalue weighted by molar-refractivity contribution is 8.00. The quantitative estimate of drug-likeness (QED) is 0.110. The number of carboxylic acids is 1.